The number of hydrogen-bond donors (Lipinski definition) is 2. The molecule has 17 heavy (non-hydrogen) atoms. The van der Waals surface area contributed by atoms with E-state index in [0.717, 1.165) is 7.14 Å². The smallest absolute Gasteiger partial charge is 0.142 e. The van der Waals surface area contributed by atoms with Crippen molar-refractivity contribution in [1.82, 2.24) is 0 Å². The first-order chi connectivity index (χ1) is 8.06. The maximum Gasteiger partial charge on any atom is 0.142 e. The summed E-state index contributed by atoms with van der Waals surface area (Å²) >= 11 is 4.14. The van der Waals surface area contributed by atoms with Crippen molar-refractivity contribution in [2.45, 2.75) is 0 Å². The minimum absolute atomic E-state index is 0.201. The van der Waals surface area contributed by atoms with Crippen LogP contribution in [0.4, 0.5) is 0 Å². The van der Waals surface area contributed by atoms with Crippen LogP contribution in [0.25, 0.3) is 0 Å². The van der Waals surface area contributed by atoms with Gasteiger partial charge in [0.2, 0.25) is 0 Å². The monoisotopic (exact) mass is 454 g/mol. The molecule has 2 aromatic carbocycles. The van der Waals surface area contributed by atoms with Gasteiger partial charge in [-0.05, 0) is 81.6 Å². The molecular weight excluding hydrogens is 446 g/mol. The molecule has 88 valence electrons. The van der Waals surface area contributed by atoms with Crippen molar-refractivity contribution in [2.75, 3.05) is 0 Å². The molecule has 3 nitrogen and oxygen atoms in total. The molecule has 0 radical (unpaired) electrons. The van der Waals surface area contributed by atoms with Gasteiger partial charge in [0.05, 0.1) is 7.14 Å². The van der Waals surface area contributed by atoms with Crippen molar-refractivity contribution >= 4 is 45.2 Å². The van der Waals surface area contributed by atoms with E-state index in [1.54, 1.807) is 36.4 Å². The number of benzene rings is 2. The molecule has 0 saturated heterocycles. The highest BCUT2D eigenvalue weighted by atomic mass is 127. The van der Waals surface area contributed by atoms with E-state index >= 15 is 0 Å². The van der Waals surface area contributed by atoms with Gasteiger partial charge in [-0.25, -0.2) is 0 Å². The minimum Gasteiger partial charge on any atom is -0.508 e. The van der Waals surface area contributed by atoms with Crippen molar-refractivity contribution in [3.05, 3.63) is 43.5 Å². The van der Waals surface area contributed by atoms with Crippen molar-refractivity contribution in [2.24, 2.45) is 0 Å². The lowest BCUT2D eigenvalue weighted by molar-refractivity contribution is 0.454. The van der Waals surface area contributed by atoms with Crippen molar-refractivity contribution in [3.8, 4) is 23.0 Å². The Morgan fingerprint density at radius 2 is 1.53 bits per heavy atom. The zero-order valence-corrected chi connectivity index (χ0v) is 12.8. The summed E-state index contributed by atoms with van der Waals surface area (Å²) in [6, 6.07) is 9.92. The molecule has 0 aliphatic heterocycles. The molecule has 0 fully saturated rings. The van der Waals surface area contributed by atoms with Crippen LogP contribution in [0.15, 0.2) is 36.4 Å². The molecule has 0 saturated carbocycles. The normalized spacial score (nSPS) is 10.2. The third-order valence-electron chi connectivity index (χ3n) is 2.07. The quantitative estimate of drug-likeness (QED) is 0.673. The molecule has 0 bridgehead atoms. The number of aromatic hydroxyl groups is 2. The van der Waals surface area contributed by atoms with Gasteiger partial charge in [-0.1, -0.05) is 0 Å². The highest BCUT2D eigenvalue weighted by Crippen LogP contribution is 2.33. The standard InChI is InChI=1S/C12H8I2O3/c13-9-6-12(10(14)5-11(9)16)17-8-3-1-7(15)2-4-8/h1-6,15-16H. The van der Waals surface area contributed by atoms with Gasteiger partial charge in [0, 0.05) is 0 Å². The van der Waals surface area contributed by atoms with Gasteiger partial charge in [0.1, 0.15) is 23.0 Å². The van der Waals surface area contributed by atoms with Gasteiger partial charge in [-0.15, -0.1) is 0 Å². The molecule has 2 aromatic rings. The van der Waals surface area contributed by atoms with Gasteiger partial charge in [0.15, 0.2) is 0 Å². The molecule has 0 atom stereocenters. The first-order valence-electron chi connectivity index (χ1n) is 4.71. The SMILES string of the molecule is Oc1ccc(Oc2cc(I)c(O)cc2I)cc1. The fourth-order valence-electron chi connectivity index (χ4n) is 1.24. The number of ether oxygens (including phenoxy) is 1. The molecule has 0 spiro atoms. The fourth-order valence-corrected chi connectivity index (χ4v) is 2.24. The van der Waals surface area contributed by atoms with Crippen molar-refractivity contribution in [3.63, 3.8) is 0 Å². The maximum atomic E-state index is 9.53. The number of rotatable bonds is 2. The first-order valence-corrected chi connectivity index (χ1v) is 6.87. The highest BCUT2D eigenvalue weighted by Gasteiger charge is 2.07. The van der Waals surface area contributed by atoms with Crippen LogP contribution < -0.4 is 4.74 Å². The Labute approximate surface area is 126 Å². The Balaban J connectivity index is 2.30. The van der Waals surface area contributed by atoms with Gasteiger partial charge in [-0.3, -0.25) is 0 Å². The number of phenols is 2. The number of halogens is 2. The molecule has 0 amide bonds. The van der Waals surface area contributed by atoms with Gasteiger partial charge in [-0.2, -0.15) is 0 Å². The summed E-state index contributed by atoms with van der Waals surface area (Å²) in [5, 5.41) is 18.7. The maximum absolute atomic E-state index is 9.53. The predicted octanol–water partition coefficient (Wildman–Crippen LogP) is 4.10. The van der Waals surface area contributed by atoms with Gasteiger partial charge in [0.25, 0.3) is 0 Å². The summed E-state index contributed by atoms with van der Waals surface area (Å²) in [4.78, 5) is 0. The van der Waals surface area contributed by atoms with Crippen LogP contribution in [-0.4, -0.2) is 10.2 Å². The summed E-state index contributed by atoms with van der Waals surface area (Å²) < 4.78 is 7.23. The Kier molecular flexibility index (Phi) is 3.97. The van der Waals surface area contributed by atoms with E-state index in [-0.39, 0.29) is 11.5 Å². The molecule has 0 aromatic heterocycles. The van der Waals surface area contributed by atoms with Crippen LogP contribution in [0.5, 0.6) is 23.0 Å². The molecule has 0 aliphatic carbocycles. The van der Waals surface area contributed by atoms with Crippen LogP contribution in [0.3, 0.4) is 0 Å². The summed E-state index contributed by atoms with van der Waals surface area (Å²) in [6.07, 6.45) is 0. The topological polar surface area (TPSA) is 49.7 Å². The van der Waals surface area contributed by atoms with Crippen LogP contribution in [-0.2, 0) is 0 Å². The number of phenolic OH excluding ortho intramolecular Hbond substituents is 2. The molecule has 5 heteroatoms. The zero-order chi connectivity index (χ0) is 12.4. The van der Waals surface area contributed by atoms with Crippen LogP contribution in [0.1, 0.15) is 0 Å². The van der Waals surface area contributed by atoms with Crippen LogP contribution >= 0.6 is 45.2 Å². The molecular formula is C12H8I2O3. The van der Waals surface area contributed by atoms with E-state index < -0.39 is 0 Å². The van der Waals surface area contributed by atoms with Gasteiger partial charge >= 0.3 is 0 Å². The Morgan fingerprint density at radius 3 is 2.18 bits per heavy atom. The molecule has 0 aliphatic rings. The molecule has 2 N–H and O–H groups in total. The third kappa shape index (κ3) is 3.15. The molecule has 0 unspecified atom stereocenters. The molecule has 0 heterocycles. The summed E-state index contributed by atoms with van der Waals surface area (Å²) in [5.41, 5.74) is 0. The van der Waals surface area contributed by atoms with Gasteiger partial charge < -0.3 is 14.9 Å². The lowest BCUT2D eigenvalue weighted by atomic mass is 10.3. The minimum atomic E-state index is 0.201. The molecule has 2 rings (SSSR count). The average molecular weight is 454 g/mol. The average Bonchev–Trinajstić information content (AvgIpc) is 2.29. The third-order valence-corrected chi connectivity index (χ3v) is 3.77. The first kappa shape index (κ1) is 12.7. The van der Waals surface area contributed by atoms with E-state index in [2.05, 4.69) is 22.6 Å². The lowest BCUT2D eigenvalue weighted by Crippen LogP contribution is -1.88. The predicted molar refractivity (Wildman–Crippen MR) is 81.7 cm³/mol. The number of hydrogen-bond acceptors (Lipinski definition) is 3. The van der Waals surface area contributed by atoms with E-state index in [1.807, 2.05) is 22.6 Å². The Hall–Kier alpha value is -0.700. The van der Waals surface area contributed by atoms with E-state index in [0.29, 0.717) is 11.5 Å². The summed E-state index contributed by atoms with van der Waals surface area (Å²) in [7, 11) is 0. The van der Waals surface area contributed by atoms with Crippen LogP contribution in [0.2, 0.25) is 0 Å². The second-order valence-electron chi connectivity index (χ2n) is 3.33. The summed E-state index contributed by atoms with van der Waals surface area (Å²) in [5.74, 6) is 1.76. The van der Waals surface area contributed by atoms with E-state index in [1.165, 1.54) is 0 Å². The van der Waals surface area contributed by atoms with Crippen molar-refractivity contribution in [1.29, 1.82) is 0 Å². The largest absolute Gasteiger partial charge is 0.508 e. The Bertz CT molecular complexity index is 538. The highest BCUT2D eigenvalue weighted by molar-refractivity contribution is 14.1. The van der Waals surface area contributed by atoms with E-state index in [4.69, 9.17) is 9.84 Å². The van der Waals surface area contributed by atoms with Crippen LogP contribution in [0, 0.1) is 7.14 Å². The Morgan fingerprint density at radius 1 is 0.882 bits per heavy atom. The second kappa shape index (κ2) is 5.30. The second-order valence-corrected chi connectivity index (χ2v) is 5.65. The summed E-state index contributed by atoms with van der Waals surface area (Å²) in [6.45, 7) is 0. The van der Waals surface area contributed by atoms with Crippen molar-refractivity contribution < 1.29 is 14.9 Å². The zero-order valence-electron chi connectivity index (χ0n) is 8.52. The lowest BCUT2D eigenvalue weighted by Gasteiger charge is -2.09. The van der Waals surface area contributed by atoms with E-state index in [9.17, 15) is 5.11 Å². The fraction of sp³-hybridized carbons (Fsp3) is 0.